The second-order valence-corrected chi connectivity index (χ2v) is 6.05. The molecule has 4 fully saturated rings. The van der Waals surface area contributed by atoms with E-state index in [9.17, 15) is 4.79 Å². The second-order valence-electron chi connectivity index (χ2n) is 6.05. The Bertz CT molecular complexity index is 286. The lowest BCUT2D eigenvalue weighted by molar-refractivity contribution is -0.137. The smallest absolute Gasteiger partial charge is 0.303 e. The molecule has 0 aromatic heterocycles. The minimum absolute atomic E-state index is 0.399. The van der Waals surface area contributed by atoms with E-state index in [0.29, 0.717) is 11.8 Å². The van der Waals surface area contributed by atoms with Crippen molar-refractivity contribution >= 4 is 5.97 Å². The lowest BCUT2D eigenvalue weighted by atomic mass is 9.70. The van der Waals surface area contributed by atoms with Crippen LogP contribution in [-0.2, 0) is 4.79 Å². The lowest BCUT2D eigenvalue weighted by Gasteiger charge is -2.34. The second kappa shape index (κ2) is 3.23. The number of hydrogen-bond donors (Lipinski definition) is 1. The molecule has 0 aromatic rings. The number of fused-ring (bicyclic) bond motifs is 2. The molecule has 15 heavy (non-hydrogen) atoms. The molecule has 4 aliphatic carbocycles. The third kappa shape index (κ3) is 1.41. The summed E-state index contributed by atoms with van der Waals surface area (Å²) in [5.41, 5.74) is 0.463. The summed E-state index contributed by atoms with van der Waals surface area (Å²) in [6.07, 6.45) is 9.70. The highest BCUT2D eigenvalue weighted by Gasteiger charge is 2.56. The Hall–Kier alpha value is -0.530. The van der Waals surface area contributed by atoms with Gasteiger partial charge in [0.1, 0.15) is 0 Å². The fourth-order valence-corrected chi connectivity index (χ4v) is 4.84. The molecule has 0 radical (unpaired) electrons. The normalized spacial score (nSPS) is 47.1. The number of rotatable bonds is 3. The summed E-state index contributed by atoms with van der Waals surface area (Å²) in [6.45, 7) is 0. The van der Waals surface area contributed by atoms with Crippen molar-refractivity contribution in [2.75, 3.05) is 0 Å². The molecule has 0 heterocycles. The van der Waals surface area contributed by atoms with Gasteiger partial charge in [0.15, 0.2) is 0 Å². The molecule has 4 saturated carbocycles. The SMILES string of the molecule is O=C(O)CCC12CC3CCCC1CC3C2. The summed E-state index contributed by atoms with van der Waals surface area (Å²) in [5, 5.41) is 8.84. The number of hydrogen-bond acceptors (Lipinski definition) is 1. The summed E-state index contributed by atoms with van der Waals surface area (Å²) < 4.78 is 0. The van der Waals surface area contributed by atoms with E-state index in [1.807, 2.05) is 0 Å². The number of aliphatic carboxylic acids is 1. The van der Waals surface area contributed by atoms with Gasteiger partial charge >= 0.3 is 5.97 Å². The van der Waals surface area contributed by atoms with Crippen LogP contribution in [0.3, 0.4) is 0 Å². The topological polar surface area (TPSA) is 37.3 Å². The van der Waals surface area contributed by atoms with Gasteiger partial charge < -0.3 is 5.11 Å². The van der Waals surface area contributed by atoms with Crippen LogP contribution in [0.15, 0.2) is 0 Å². The molecule has 0 amide bonds. The van der Waals surface area contributed by atoms with Crippen molar-refractivity contribution in [3.8, 4) is 0 Å². The maximum atomic E-state index is 10.7. The molecule has 4 bridgehead atoms. The van der Waals surface area contributed by atoms with E-state index in [0.717, 1.165) is 24.2 Å². The molecule has 4 rings (SSSR count). The Morgan fingerprint density at radius 1 is 1.27 bits per heavy atom. The van der Waals surface area contributed by atoms with Crippen molar-refractivity contribution in [2.45, 2.75) is 51.4 Å². The highest BCUT2D eigenvalue weighted by atomic mass is 16.4. The first-order valence-electron chi connectivity index (χ1n) is 6.41. The highest BCUT2D eigenvalue weighted by molar-refractivity contribution is 5.66. The highest BCUT2D eigenvalue weighted by Crippen LogP contribution is 2.66. The minimum atomic E-state index is -0.603. The number of carbonyl (C=O) groups is 1. The van der Waals surface area contributed by atoms with E-state index in [1.165, 1.54) is 38.5 Å². The maximum Gasteiger partial charge on any atom is 0.303 e. The van der Waals surface area contributed by atoms with Crippen LogP contribution in [0.4, 0.5) is 0 Å². The van der Waals surface area contributed by atoms with Gasteiger partial charge in [-0.05, 0) is 55.3 Å². The maximum absolute atomic E-state index is 10.7. The summed E-state index contributed by atoms with van der Waals surface area (Å²) in [6, 6.07) is 0. The first-order valence-corrected chi connectivity index (χ1v) is 6.41. The zero-order chi connectivity index (χ0) is 10.5. The molecule has 0 spiro atoms. The Kier molecular flexibility index (Phi) is 2.08. The Morgan fingerprint density at radius 3 is 2.87 bits per heavy atom. The van der Waals surface area contributed by atoms with Gasteiger partial charge in [-0.15, -0.1) is 0 Å². The molecule has 4 atom stereocenters. The molecule has 2 nitrogen and oxygen atoms in total. The van der Waals surface area contributed by atoms with Crippen molar-refractivity contribution in [2.24, 2.45) is 23.2 Å². The van der Waals surface area contributed by atoms with Crippen molar-refractivity contribution in [3.05, 3.63) is 0 Å². The van der Waals surface area contributed by atoms with E-state index in [1.54, 1.807) is 0 Å². The Balaban J connectivity index is 1.77. The first-order chi connectivity index (χ1) is 7.20. The molecule has 84 valence electrons. The monoisotopic (exact) mass is 208 g/mol. The van der Waals surface area contributed by atoms with Crippen LogP contribution in [0.25, 0.3) is 0 Å². The van der Waals surface area contributed by atoms with Gasteiger partial charge in [-0.25, -0.2) is 0 Å². The van der Waals surface area contributed by atoms with Gasteiger partial charge in [-0.3, -0.25) is 4.79 Å². The molecular weight excluding hydrogens is 188 g/mol. The largest absolute Gasteiger partial charge is 0.481 e. The van der Waals surface area contributed by atoms with Crippen molar-refractivity contribution in [1.82, 2.24) is 0 Å². The molecular formula is C13H20O2. The molecule has 0 aromatic carbocycles. The molecule has 4 unspecified atom stereocenters. The number of carboxylic acid groups (broad SMARTS) is 1. The van der Waals surface area contributed by atoms with Gasteiger partial charge in [0, 0.05) is 6.42 Å². The van der Waals surface area contributed by atoms with Crippen LogP contribution in [0.2, 0.25) is 0 Å². The molecule has 1 N–H and O–H groups in total. The summed E-state index contributed by atoms with van der Waals surface area (Å²) in [4.78, 5) is 10.7. The van der Waals surface area contributed by atoms with Crippen molar-refractivity contribution in [3.63, 3.8) is 0 Å². The number of carboxylic acids is 1. The van der Waals surface area contributed by atoms with Gasteiger partial charge in [-0.1, -0.05) is 12.8 Å². The molecule has 0 saturated heterocycles. The van der Waals surface area contributed by atoms with E-state index in [2.05, 4.69) is 0 Å². The van der Waals surface area contributed by atoms with Gasteiger partial charge in [0.25, 0.3) is 0 Å². The van der Waals surface area contributed by atoms with Crippen LogP contribution in [-0.4, -0.2) is 11.1 Å². The quantitative estimate of drug-likeness (QED) is 0.774. The summed E-state index contributed by atoms with van der Waals surface area (Å²) in [5.74, 6) is 2.19. The molecule has 0 aliphatic heterocycles. The summed E-state index contributed by atoms with van der Waals surface area (Å²) in [7, 11) is 0. The lowest BCUT2D eigenvalue weighted by Crippen LogP contribution is -2.26. The average Bonchev–Trinajstić information content (AvgIpc) is 2.57. The van der Waals surface area contributed by atoms with E-state index >= 15 is 0 Å². The first kappa shape index (κ1) is 9.68. The zero-order valence-corrected chi connectivity index (χ0v) is 9.24. The van der Waals surface area contributed by atoms with Gasteiger partial charge in [-0.2, -0.15) is 0 Å². The van der Waals surface area contributed by atoms with Crippen LogP contribution < -0.4 is 0 Å². The van der Waals surface area contributed by atoms with Crippen molar-refractivity contribution in [1.29, 1.82) is 0 Å². The molecule has 4 aliphatic rings. The fourth-order valence-electron chi connectivity index (χ4n) is 4.84. The Labute approximate surface area is 91.1 Å². The summed E-state index contributed by atoms with van der Waals surface area (Å²) >= 11 is 0. The standard InChI is InChI=1S/C13H20O2/c14-12(15)4-5-13-7-9-2-1-3-11(13)6-10(9)8-13/h9-11H,1-8H2,(H,14,15). The fraction of sp³-hybridized carbons (Fsp3) is 0.923. The minimum Gasteiger partial charge on any atom is -0.481 e. The third-order valence-electron chi connectivity index (χ3n) is 5.42. The van der Waals surface area contributed by atoms with Crippen LogP contribution >= 0.6 is 0 Å². The van der Waals surface area contributed by atoms with Gasteiger partial charge in [0.2, 0.25) is 0 Å². The predicted molar refractivity (Wildman–Crippen MR) is 57.5 cm³/mol. The Morgan fingerprint density at radius 2 is 2.07 bits per heavy atom. The third-order valence-corrected chi connectivity index (χ3v) is 5.42. The average molecular weight is 208 g/mol. The van der Waals surface area contributed by atoms with Crippen LogP contribution in [0.5, 0.6) is 0 Å². The van der Waals surface area contributed by atoms with Crippen LogP contribution in [0.1, 0.15) is 51.4 Å². The van der Waals surface area contributed by atoms with Gasteiger partial charge in [0.05, 0.1) is 0 Å². The van der Waals surface area contributed by atoms with E-state index in [-0.39, 0.29) is 0 Å². The van der Waals surface area contributed by atoms with E-state index < -0.39 is 5.97 Å². The predicted octanol–water partition coefficient (Wildman–Crippen LogP) is 3.07. The van der Waals surface area contributed by atoms with E-state index in [4.69, 9.17) is 5.11 Å². The van der Waals surface area contributed by atoms with Crippen molar-refractivity contribution < 1.29 is 9.90 Å². The zero-order valence-electron chi connectivity index (χ0n) is 9.24. The van der Waals surface area contributed by atoms with Crippen LogP contribution in [0, 0.1) is 23.2 Å². The molecule has 2 heteroatoms.